The Bertz CT molecular complexity index is 293. The highest BCUT2D eigenvalue weighted by molar-refractivity contribution is 5.18. The van der Waals surface area contributed by atoms with Crippen molar-refractivity contribution in [3.05, 3.63) is 35.9 Å². The minimum atomic E-state index is 0.483. The van der Waals surface area contributed by atoms with Gasteiger partial charge in [-0.2, -0.15) is 0 Å². The van der Waals surface area contributed by atoms with Crippen molar-refractivity contribution >= 4 is 0 Å². The molecule has 1 aliphatic rings. The van der Waals surface area contributed by atoms with Crippen molar-refractivity contribution in [2.45, 2.75) is 45.2 Å². The summed E-state index contributed by atoms with van der Waals surface area (Å²) < 4.78 is 0. The highest BCUT2D eigenvalue weighted by Gasteiger charge is 2.24. The molecule has 0 aromatic heterocycles. The summed E-state index contributed by atoms with van der Waals surface area (Å²) in [7, 11) is 0. The molecule has 3 unspecified atom stereocenters. The van der Waals surface area contributed by atoms with Crippen molar-refractivity contribution in [2.24, 2.45) is 5.92 Å². The van der Waals surface area contributed by atoms with Gasteiger partial charge in [-0.25, -0.2) is 0 Å². The van der Waals surface area contributed by atoms with E-state index in [2.05, 4.69) is 49.5 Å². The van der Waals surface area contributed by atoms with Crippen LogP contribution < -0.4 is 5.32 Å². The van der Waals surface area contributed by atoms with Gasteiger partial charge in [0.15, 0.2) is 0 Å². The molecule has 0 saturated heterocycles. The number of benzene rings is 1. The van der Waals surface area contributed by atoms with Crippen LogP contribution in [-0.2, 0) is 0 Å². The second-order valence-electron chi connectivity index (χ2n) is 4.81. The summed E-state index contributed by atoms with van der Waals surface area (Å²) in [4.78, 5) is 0. The molecule has 0 aliphatic heterocycles. The quantitative estimate of drug-likeness (QED) is 0.792. The number of hydrogen-bond donors (Lipinski definition) is 1. The molecule has 0 bridgehead atoms. The molecule has 0 spiro atoms. The zero-order valence-corrected chi connectivity index (χ0v) is 9.74. The molecule has 1 fully saturated rings. The maximum atomic E-state index is 3.74. The molecule has 1 saturated carbocycles. The molecule has 1 nitrogen and oxygen atoms in total. The first-order valence-electron chi connectivity index (χ1n) is 6.08. The SMILES string of the molecule is CC(NC1CCCC1C)c1ccccc1. The van der Waals surface area contributed by atoms with Gasteiger partial charge in [-0.15, -0.1) is 0 Å². The van der Waals surface area contributed by atoms with Crippen LogP contribution in [0.4, 0.5) is 0 Å². The first kappa shape index (κ1) is 10.7. The van der Waals surface area contributed by atoms with Gasteiger partial charge in [0.25, 0.3) is 0 Å². The van der Waals surface area contributed by atoms with Crippen molar-refractivity contribution in [3.63, 3.8) is 0 Å². The molecule has 1 aromatic rings. The van der Waals surface area contributed by atoms with Crippen LogP contribution in [0.3, 0.4) is 0 Å². The third-order valence-corrected chi connectivity index (χ3v) is 3.63. The lowest BCUT2D eigenvalue weighted by Gasteiger charge is -2.23. The Kier molecular flexibility index (Phi) is 3.42. The highest BCUT2D eigenvalue weighted by atomic mass is 15.0. The standard InChI is InChI=1S/C14H21N/c1-11-7-6-10-14(11)15-12(2)13-8-4-3-5-9-13/h3-5,8-9,11-12,14-15H,6-7,10H2,1-2H3. The molecule has 1 aliphatic carbocycles. The van der Waals surface area contributed by atoms with E-state index in [-0.39, 0.29) is 0 Å². The summed E-state index contributed by atoms with van der Waals surface area (Å²) in [5.41, 5.74) is 1.40. The summed E-state index contributed by atoms with van der Waals surface area (Å²) in [6.07, 6.45) is 4.12. The van der Waals surface area contributed by atoms with Crippen molar-refractivity contribution < 1.29 is 0 Å². The Labute approximate surface area is 92.9 Å². The monoisotopic (exact) mass is 203 g/mol. The summed E-state index contributed by atoms with van der Waals surface area (Å²) in [5, 5.41) is 3.74. The van der Waals surface area contributed by atoms with Gasteiger partial charge in [-0.3, -0.25) is 0 Å². The summed E-state index contributed by atoms with van der Waals surface area (Å²) in [6, 6.07) is 11.9. The molecule has 82 valence electrons. The topological polar surface area (TPSA) is 12.0 Å². The molecular weight excluding hydrogens is 182 g/mol. The molecule has 1 N–H and O–H groups in total. The molecule has 15 heavy (non-hydrogen) atoms. The first-order valence-corrected chi connectivity index (χ1v) is 6.08. The van der Waals surface area contributed by atoms with E-state index in [0.29, 0.717) is 6.04 Å². The van der Waals surface area contributed by atoms with Gasteiger partial charge in [0.1, 0.15) is 0 Å². The molecular formula is C14H21N. The predicted octanol–water partition coefficient (Wildman–Crippen LogP) is 3.53. The van der Waals surface area contributed by atoms with Gasteiger partial charge in [0.2, 0.25) is 0 Å². The third-order valence-electron chi connectivity index (χ3n) is 3.63. The molecule has 1 aromatic carbocycles. The Morgan fingerprint density at radius 2 is 1.93 bits per heavy atom. The lowest BCUT2D eigenvalue weighted by molar-refractivity contribution is 0.388. The Morgan fingerprint density at radius 3 is 2.53 bits per heavy atom. The maximum Gasteiger partial charge on any atom is 0.0294 e. The first-order chi connectivity index (χ1) is 7.27. The van der Waals surface area contributed by atoms with Crippen molar-refractivity contribution in [2.75, 3.05) is 0 Å². The normalized spacial score (nSPS) is 27.9. The van der Waals surface area contributed by atoms with Crippen LogP contribution in [0.15, 0.2) is 30.3 Å². The highest BCUT2D eigenvalue weighted by Crippen LogP contribution is 2.27. The molecule has 0 heterocycles. The van der Waals surface area contributed by atoms with E-state index >= 15 is 0 Å². The Hall–Kier alpha value is -0.820. The van der Waals surface area contributed by atoms with Crippen LogP contribution in [0.25, 0.3) is 0 Å². The minimum Gasteiger partial charge on any atom is -0.307 e. The van der Waals surface area contributed by atoms with Crippen LogP contribution >= 0.6 is 0 Å². The predicted molar refractivity (Wildman–Crippen MR) is 64.8 cm³/mol. The largest absolute Gasteiger partial charge is 0.307 e. The minimum absolute atomic E-state index is 0.483. The molecule has 0 amide bonds. The van der Waals surface area contributed by atoms with Gasteiger partial charge < -0.3 is 5.32 Å². The second-order valence-corrected chi connectivity index (χ2v) is 4.81. The smallest absolute Gasteiger partial charge is 0.0294 e. The van der Waals surface area contributed by atoms with Crippen LogP contribution in [0.2, 0.25) is 0 Å². The summed E-state index contributed by atoms with van der Waals surface area (Å²) >= 11 is 0. The van der Waals surface area contributed by atoms with Crippen molar-refractivity contribution in [1.29, 1.82) is 0 Å². The maximum absolute atomic E-state index is 3.74. The molecule has 1 heteroatoms. The van der Waals surface area contributed by atoms with Crippen LogP contribution in [-0.4, -0.2) is 6.04 Å². The second kappa shape index (κ2) is 4.80. The molecule has 3 atom stereocenters. The number of hydrogen-bond acceptors (Lipinski definition) is 1. The fourth-order valence-corrected chi connectivity index (χ4v) is 2.55. The van der Waals surface area contributed by atoms with Gasteiger partial charge >= 0.3 is 0 Å². The van der Waals surface area contributed by atoms with Crippen LogP contribution in [0, 0.1) is 5.92 Å². The van der Waals surface area contributed by atoms with Crippen LogP contribution in [0.5, 0.6) is 0 Å². The van der Waals surface area contributed by atoms with E-state index in [1.54, 1.807) is 0 Å². The summed E-state index contributed by atoms with van der Waals surface area (Å²) in [5.74, 6) is 0.844. The van der Waals surface area contributed by atoms with E-state index in [4.69, 9.17) is 0 Å². The van der Waals surface area contributed by atoms with E-state index in [9.17, 15) is 0 Å². The van der Waals surface area contributed by atoms with Gasteiger partial charge in [0, 0.05) is 12.1 Å². The van der Waals surface area contributed by atoms with Crippen molar-refractivity contribution in [1.82, 2.24) is 5.32 Å². The van der Waals surface area contributed by atoms with Gasteiger partial charge in [0.05, 0.1) is 0 Å². The van der Waals surface area contributed by atoms with E-state index < -0.39 is 0 Å². The third kappa shape index (κ3) is 2.60. The fourth-order valence-electron chi connectivity index (χ4n) is 2.55. The fraction of sp³-hybridized carbons (Fsp3) is 0.571. The lowest BCUT2D eigenvalue weighted by atomic mass is 10.0. The van der Waals surface area contributed by atoms with E-state index in [0.717, 1.165) is 12.0 Å². The molecule has 2 rings (SSSR count). The lowest BCUT2D eigenvalue weighted by Crippen LogP contribution is -2.33. The van der Waals surface area contributed by atoms with Gasteiger partial charge in [-0.05, 0) is 31.2 Å². The van der Waals surface area contributed by atoms with Gasteiger partial charge in [-0.1, -0.05) is 43.7 Å². The van der Waals surface area contributed by atoms with E-state index in [1.165, 1.54) is 24.8 Å². The van der Waals surface area contributed by atoms with Crippen molar-refractivity contribution in [3.8, 4) is 0 Å². The van der Waals surface area contributed by atoms with Crippen LogP contribution in [0.1, 0.15) is 44.7 Å². The van der Waals surface area contributed by atoms with E-state index in [1.807, 2.05) is 0 Å². The summed E-state index contributed by atoms with van der Waals surface area (Å²) in [6.45, 7) is 4.63. The Balaban J connectivity index is 1.95. The average molecular weight is 203 g/mol. The Morgan fingerprint density at radius 1 is 1.20 bits per heavy atom. The zero-order valence-electron chi connectivity index (χ0n) is 9.74. The number of nitrogens with one attached hydrogen (secondary N) is 1. The molecule has 0 radical (unpaired) electrons. The zero-order chi connectivity index (χ0) is 10.7. The number of rotatable bonds is 3. The average Bonchev–Trinajstić information content (AvgIpc) is 2.66.